The van der Waals surface area contributed by atoms with Gasteiger partial charge in [0, 0.05) is 31.7 Å². The number of rotatable bonds is 7. The fourth-order valence-electron chi connectivity index (χ4n) is 4.09. The number of carbonyl (C=O) groups excluding carboxylic acids is 1. The topological polar surface area (TPSA) is 73.8 Å². The van der Waals surface area contributed by atoms with Crippen LogP contribution in [0.1, 0.15) is 40.7 Å². The standard InChI is InChI=1S/C25H32N4O3S2.ClH/c1-18-8-13-22-23(19(18)2)26-25(33-22)29(17-16-27(3)4)24(30)20-9-11-21(12-10-20)34(31,32)28-14-6-5-7-15-28;/h8-13H,5-7,14-17H2,1-4H3;1H. The Morgan fingerprint density at radius 3 is 2.29 bits per heavy atom. The molecule has 0 aliphatic carbocycles. The van der Waals surface area contributed by atoms with E-state index in [4.69, 9.17) is 4.98 Å². The molecule has 0 atom stereocenters. The Labute approximate surface area is 218 Å². The maximum Gasteiger partial charge on any atom is 0.260 e. The molecule has 190 valence electrons. The normalized spacial score (nSPS) is 14.8. The first-order valence-electron chi connectivity index (χ1n) is 11.6. The van der Waals surface area contributed by atoms with Crippen LogP contribution in [-0.2, 0) is 10.0 Å². The molecule has 35 heavy (non-hydrogen) atoms. The van der Waals surface area contributed by atoms with E-state index in [0.717, 1.165) is 35.0 Å². The number of anilines is 1. The number of hydrogen-bond donors (Lipinski definition) is 0. The van der Waals surface area contributed by atoms with Crippen molar-refractivity contribution in [1.82, 2.24) is 14.2 Å². The first-order valence-corrected chi connectivity index (χ1v) is 13.9. The van der Waals surface area contributed by atoms with E-state index in [1.807, 2.05) is 25.1 Å². The predicted octanol–water partition coefficient (Wildman–Crippen LogP) is 4.72. The third-order valence-corrected chi connectivity index (χ3v) is 9.33. The maximum absolute atomic E-state index is 13.6. The lowest BCUT2D eigenvalue weighted by Gasteiger charge is -2.26. The summed E-state index contributed by atoms with van der Waals surface area (Å²) in [5.74, 6) is -0.183. The predicted molar refractivity (Wildman–Crippen MR) is 146 cm³/mol. The molecule has 1 aromatic heterocycles. The first-order chi connectivity index (χ1) is 16.2. The summed E-state index contributed by atoms with van der Waals surface area (Å²) in [7, 11) is 0.401. The van der Waals surface area contributed by atoms with Crippen molar-refractivity contribution in [2.24, 2.45) is 0 Å². The maximum atomic E-state index is 13.6. The average molecular weight is 537 g/mol. The van der Waals surface area contributed by atoms with E-state index >= 15 is 0 Å². The lowest BCUT2D eigenvalue weighted by molar-refractivity contribution is 0.0985. The second-order valence-electron chi connectivity index (χ2n) is 9.10. The lowest BCUT2D eigenvalue weighted by atomic mass is 10.1. The summed E-state index contributed by atoms with van der Waals surface area (Å²) < 4.78 is 28.5. The van der Waals surface area contributed by atoms with Crippen molar-refractivity contribution in [2.45, 2.75) is 38.0 Å². The minimum absolute atomic E-state index is 0. The van der Waals surface area contributed by atoms with Crippen LogP contribution in [0.2, 0.25) is 0 Å². The van der Waals surface area contributed by atoms with Crippen LogP contribution in [0.3, 0.4) is 0 Å². The molecule has 1 aliphatic heterocycles. The van der Waals surface area contributed by atoms with Gasteiger partial charge in [0.05, 0.1) is 15.1 Å². The largest absolute Gasteiger partial charge is 0.308 e. The summed E-state index contributed by atoms with van der Waals surface area (Å²) in [6.45, 7) is 6.38. The monoisotopic (exact) mass is 536 g/mol. The number of aryl methyl sites for hydroxylation is 2. The molecule has 0 unspecified atom stereocenters. The van der Waals surface area contributed by atoms with E-state index in [9.17, 15) is 13.2 Å². The summed E-state index contributed by atoms with van der Waals surface area (Å²) in [4.78, 5) is 22.3. The molecule has 0 N–H and O–H groups in total. The minimum Gasteiger partial charge on any atom is -0.308 e. The van der Waals surface area contributed by atoms with Crippen LogP contribution in [0.4, 0.5) is 5.13 Å². The fraction of sp³-hybridized carbons (Fsp3) is 0.440. The number of fused-ring (bicyclic) bond motifs is 1. The van der Waals surface area contributed by atoms with E-state index in [1.54, 1.807) is 33.5 Å². The number of carbonyl (C=O) groups is 1. The smallest absolute Gasteiger partial charge is 0.260 e. The van der Waals surface area contributed by atoms with Gasteiger partial charge in [-0.15, -0.1) is 12.4 Å². The van der Waals surface area contributed by atoms with Gasteiger partial charge in [0.25, 0.3) is 5.91 Å². The summed E-state index contributed by atoms with van der Waals surface area (Å²) in [6, 6.07) is 10.5. The molecule has 10 heteroatoms. The molecule has 1 amide bonds. The Morgan fingerprint density at radius 1 is 1.00 bits per heavy atom. The Balaban J connectivity index is 0.00000342. The number of sulfonamides is 1. The second-order valence-corrected chi connectivity index (χ2v) is 12.0. The van der Waals surface area contributed by atoms with Crippen LogP contribution in [0.25, 0.3) is 10.2 Å². The SMILES string of the molecule is Cc1ccc2sc(N(CCN(C)C)C(=O)c3ccc(S(=O)(=O)N4CCCCC4)cc3)nc2c1C.Cl. The zero-order valence-electron chi connectivity index (χ0n) is 20.7. The van der Waals surface area contributed by atoms with Gasteiger partial charge in [0.15, 0.2) is 5.13 Å². The number of amides is 1. The lowest BCUT2D eigenvalue weighted by Crippen LogP contribution is -2.37. The molecule has 0 spiro atoms. The van der Waals surface area contributed by atoms with Crippen LogP contribution >= 0.6 is 23.7 Å². The molecule has 1 saturated heterocycles. The van der Waals surface area contributed by atoms with Gasteiger partial charge in [-0.05, 0) is 82.2 Å². The minimum atomic E-state index is -3.53. The van der Waals surface area contributed by atoms with Crippen molar-refractivity contribution in [3.63, 3.8) is 0 Å². The number of likely N-dealkylation sites (N-methyl/N-ethyl adjacent to an activating group) is 1. The summed E-state index contributed by atoms with van der Waals surface area (Å²) in [6.07, 6.45) is 2.84. The van der Waals surface area contributed by atoms with E-state index in [1.165, 1.54) is 16.9 Å². The molecule has 4 rings (SSSR count). The zero-order valence-corrected chi connectivity index (χ0v) is 23.1. The van der Waals surface area contributed by atoms with Gasteiger partial charge in [0.1, 0.15) is 0 Å². The number of aromatic nitrogens is 1. The third kappa shape index (κ3) is 5.86. The Kier molecular flexibility index (Phi) is 8.93. The van der Waals surface area contributed by atoms with E-state index < -0.39 is 10.0 Å². The van der Waals surface area contributed by atoms with Crippen LogP contribution < -0.4 is 4.90 Å². The summed E-state index contributed by atoms with van der Waals surface area (Å²) >= 11 is 1.50. The van der Waals surface area contributed by atoms with Gasteiger partial charge in [-0.2, -0.15) is 4.31 Å². The van der Waals surface area contributed by atoms with Crippen molar-refractivity contribution in [1.29, 1.82) is 0 Å². The molecule has 0 saturated carbocycles. The van der Waals surface area contributed by atoms with Crippen molar-refractivity contribution in [3.8, 4) is 0 Å². The van der Waals surface area contributed by atoms with Crippen LogP contribution in [0.15, 0.2) is 41.3 Å². The van der Waals surface area contributed by atoms with E-state index in [2.05, 4.69) is 19.9 Å². The van der Waals surface area contributed by atoms with Gasteiger partial charge in [-0.1, -0.05) is 23.8 Å². The van der Waals surface area contributed by atoms with E-state index in [-0.39, 0.29) is 23.2 Å². The summed E-state index contributed by atoms with van der Waals surface area (Å²) in [5, 5.41) is 0.653. The highest BCUT2D eigenvalue weighted by Gasteiger charge is 2.27. The van der Waals surface area contributed by atoms with Gasteiger partial charge in [0.2, 0.25) is 10.0 Å². The molecule has 0 bridgehead atoms. The van der Waals surface area contributed by atoms with Crippen molar-refractivity contribution in [2.75, 3.05) is 45.2 Å². The number of hydrogen-bond acceptors (Lipinski definition) is 6. The van der Waals surface area contributed by atoms with E-state index in [0.29, 0.717) is 36.9 Å². The quantitative estimate of drug-likeness (QED) is 0.437. The van der Waals surface area contributed by atoms with Gasteiger partial charge < -0.3 is 4.90 Å². The molecule has 3 aromatic rings. The van der Waals surface area contributed by atoms with Gasteiger partial charge in [-0.3, -0.25) is 9.69 Å². The highest BCUT2D eigenvalue weighted by atomic mass is 35.5. The highest BCUT2D eigenvalue weighted by Crippen LogP contribution is 2.33. The molecule has 1 fully saturated rings. The second kappa shape index (κ2) is 11.3. The summed E-state index contributed by atoms with van der Waals surface area (Å²) in [5.41, 5.74) is 3.66. The number of halogens is 1. The number of nitrogens with zero attached hydrogens (tertiary/aromatic N) is 4. The first kappa shape index (κ1) is 27.5. The van der Waals surface area contributed by atoms with Crippen LogP contribution in [-0.4, -0.2) is 68.8 Å². The average Bonchev–Trinajstić information content (AvgIpc) is 3.26. The molecule has 2 heterocycles. The molecule has 1 aliphatic rings. The fourth-order valence-corrected chi connectivity index (χ4v) is 6.66. The van der Waals surface area contributed by atoms with Crippen molar-refractivity contribution < 1.29 is 13.2 Å². The number of piperidine rings is 1. The molecule has 2 aromatic carbocycles. The van der Waals surface area contributed by atoms with Crippen molar-refractivity contribution >= 4 is 55.0 Å². The molecular weight excluding hydrogens is 504 g/mol. The zero-order chi connectivity index (χ0) is 24.5. The van der Waals surface area contributed by atoms with Crippen molar-refractivity contribution in [3.05, 3.63) is 53.1 Å². The Hall–Kier alpha value is -2.04. The highest BCUT2D eigenvalue weighted by molar-refractivity contribution is 7.89. The number of benzene rings is 2. The third-order valence-electron chi connectivity index (χ3n) is 6.37. The van der Waals surface area contributed by atoms with Crippen LogP contribution in [0.5, 0.6) is 0 Å². The Bertz CT molecular complexity index is 1280. The van der Waals surface area contributed by atoms with Gasteiger partial charge >= 0.3 is 0 Å². The molecule has 7 nitrogen and oxygen atoms in total. The number of thiazole rings is 1. The van der Waals surface area contributed by atoms with Crippen LogP contribution in [0, 0.1) is 13.8 Å². The molecular formula is C25H33ClN4O3S2. The Morgan fingerprint density at radius 2 is 1.66 bits per heavy atom. The van der Waals surface area contributed by atoms with Gasteiger partial charge in [-0.25, -0.2) is 13.4 Å². The molecule has 0 radical (unpaired) electrons.